The lowest BCUT2D eigenvalue weighted by atomic mass is 10.3. The molecule has 4 nitrogen and oxygen atoms in total. The van der Waals surface area contributed by atoms with Crippen molar-refractivity contribution in [2.45, 2.75) is 32.7 Å². The van der Waals surface area contributed by atoms with Crippen molar-refractivity contribution in [2.75, 3.05) is 13.7 Å². The van der Waals surface area contributed by atoms with Crippen LogP contribution in [0, 0.1) is 0 Å². The van der Waals surface area contributed by atoms with Gasteiger partial charge in [0.15, 0.2) is 0 Å². The van der Waals surface area contributed by atoms with E-state index in [1.54, 1.807) is 0 Å². The molecule has 0 amide bonds. The normalized spacial score (nSPS) is 10.4. The number of nitrogens with one attached hydrogen (secondary N) is 1. The van der Waals surface area contributed by atoms with Gasteiger partial charge in [-0.2, -0.15) is 0 Å². The lowest BCUT2D eigenvalue weighted by Gasteiger charge is -1.99. The van der Waals surface area contributed by atoms with E-state index in [1.807, 2.05) is 7.05 Å². The highest BCUT2D eigenvalue weighted by Gasteiger charge is 2.03. The van der Waals surface area contributed by atoms with Crippen LogP contribution in [0.2, 0.25) is 0 Å². The second-order valence-corrected chi connectivity index (χ2v) is 4.07. The Labute approximate surface area is 88.7 Å². The second-order valence-electron chi connectivity index (χ2n) is 3.05. The molecule has 0 spiro atoms. The quantitative estimate of drug-likeness (QED) is 0.705. The fourth-order valence-electron chi connectivity index (χ4n) is 1.03. The van der Waals surface area contributed by atoms with E-state index in [9.17, 15) is 0 Å². The summed E-state index contributed by atoms with van der Waals surface area (Å²) in [6.07, 6.45) is 3.52. The summed E-state index contributed by atoms with van der Waals surface area (Å²) in [7, 11) is 1.89. The Kier molecular flexibility index (Phi) is 5.47. The fourth-order valence-corrected chi connectivity index (χ4v) is 1.75. The Balaban J connectivity index is 2.22. The number of hydrogen-bond acceptors (Lipinski definition) is 5. The van der Waals surface area contributed by atoms with Gasteiger partial charge in [-0.15, -0.1) is 10.2 Å². The minimum absolute atomic E-state index is 0.686. The summed E-state index contributed by atoms with van der Waals surface area (Å²) in [6, 6.07) is 0. The van der Waals surface area contributed by atoms with Crippen LogP contribution in [0.1, 0.15) is 31.2 Å². The molecule has 1 N–H and O–H groups in total. The SMILES string of the molecule is CCCCCOc1nnc(CNC)s1. The van der Waals surface area contributed by atoms with E-state index in [0.29, 0.717) is 5.19 Å². The van der Waals surface area contributed by atoms with Gasteiger partial charge < -0.3 is 10.1 Å². The predicted molar refractivity (Wildman–Crippen MR) is 57.7 cm³/mol. The molecule has 1 aromatic heterocycles. The van der Waals surface area contributed by atoms with Gasteiger partial charge >= 0.3 is 0 Å². The lowest BCUT2D eigenvalue weighted by molar-refractivity contribution is 0.302. The van der Waals surface area contributed by atoms with Crippen molar-refractivity contribution in [1.82, 2.24) is 15.5 Å². The summed E-state index contributed by atoms with van der Waals surface area (Å²) < 4.78 is 5.45. The lowest BCUT2D eigenvalue weighted by Crippen LogP contribution is -2.04. The summed E-state index contributed by atoms with van der Waals surface area (Å²) in [5.74, 6) is 0. The highest BCUT2D eigenvalue weighted by Crippen LogP contribution is 2.17. The Morgan fingerprint density at radius 1 is 1.36 bits per heavy atom. The third kappa shape index (κ3) is 4.02. The molecule has 1 heterocycles. The molecule has 1 rings (SSSR count). The molecule has 0 saturated heterocycles. The maximum atomic E-state index is 5.45. The molecule has 1 aromatic rings. The summed E-state index contributed by atoms with van der Waals surface area (Å²) >= 11 is 1.51. The van der Waals surface area contributed by atoms with Crippen molar-refractivity contribution in [3.63, 3.8) is 0 Å². The van der Waals surface area contributed by atoms with Gasteiger partial charge in [0.05, 0.1) is 6.61 Å². The first-order valence-electron chi connectivity index (χ1n) is 4.96. The van der Waals surface area contributed by atoms with Crippen molar-refractivity contribution in [1.29, 1.82) is 0 Å². The zero-order valence-corrected chi connectivity index (χ0v) is 9.56. The van der Waals surface area contributed by atoms with Gasteiger partial charge in [-0.25, -0.2) is 0 Å². The Hall–Kier alpha value is -0.680. The Morgan fingerprint density at radius 3 is 2.93 bits per heavy atom. The number of ether oxygens (including phenoxy) is 1. The van der Waals surface area contributed by atoms with Crippen LogP contribution in [0.15, 0.2) is 0 Å². The number of rotatable bonds is 7. The first kappa shape index (κ1) is 11.4. The van der Waals surface area contributed by atoms with Gasteiger partial charge in [-0.1, -0.05) is 31.1 Å². The highest BCUT2D eigenvalue weighted by molar-refractivity contribution is 7.13. The molecular formula is C9H17N3OS. The van der Waals surface area contributed by atoms with Crippen molar-refractivity contribution < 1.29 is 4.74 Å². The van der Waals surface area contributed by atoms with E-state index in [-0.39, 0.29) is 0 Å². The van der Waals surface area contributed by atoms with E-state index in [2.05, 4.69) is 22.4 Å². The number of nitrogens with zero attached hydrogens (tertiary/aromatic N) is 2. The molecule has 5 heteroatoms. The van der Waals surface area contributed by atoms with E-state index in [0.717, 1.165) is 24.6 Å². The summed E-state index contributed by atoms with van der Waals surface area (Å²) in [4.78, 5) is 0. The van der Waals surface area contributed by atoms with Crippen LogP contribution in [0.3, 0.4) is 0 Å². The maximum absolute atomic E-state index is 5.45. The number of aromatic nitrogens is 2. The molecule has 0 saturated carbocycles. The Bertz CT molecular complexity index is 252. The van der Waals surface area contributed by atoms with Gasteiger partial charge in [-0.05, 0) is 13.5 Å². The van der Waals surface area contributed by atoms with Crippen molar-refractivity contribution >= 4 is 11.3 Å². The third-order valence-electron chi connectivity index (χ3n) is 1.75. The average Bonchev–Trinajstić information content (AvgIpc) is 2.61. The zero-order chi connectivity index (χ0) is 10.2. The van der Waals surface area contributed by atoms with Crippen molar-refractivity contribution in [2.24, 2.45) is 0 Å². The molecule has 0 aliphatic rings. The van der Waals surface area contributed by atoms with E-state index >= 15 is 0 Å². The van der Waals surface area contributed by atoms with E-state index < -0.39 is 0 Å². The molecule has 0 radical (unpaired) electrons. The van der Waals surface area contributed by atoms with Crippen LogP contribution >= 0.6 is 11.3 Å². The largest absolute Gasteiger partial charge is 0.469 e. The molecular weight excluding hydrogens is 198 g/mol. The monoisotopic (exact) mass is 215 g/mol. The van der Waals surface area contributed by atoms with E-state index in [4.69, 9.17) is 4.74 Å². The third-order valence-corrected chi connectivity index (χ3v) is 2.59. The van der Waals surface area contributed by atoms with Crippen LogP contribution in [0.5, 0.6) is 5.19 Å². The molecule has 14 heavy (non-hydrogen) atoms. The van der Waals surface area contributed by atoms with Gasteiger partial charge in [0, 0.05) is 6.54 Å². The zero-order valence-electron chi connectivity index (χ0n) is 8.75. The highest BCUT2D eigenvalue weighted by atomic mass is 32.1. The molecule has 0 aliphatic heterocycles. The van der Waals surface area contributed by atoms with Gasteiger partial charge in [-0.3, -0.25) is 0 Å². The second kappa shape index (κ2) is 6.73. The molecule has 0 bridgehead atoms. The summed E-state index contributed by atoms with van der Waals surface area (Å²) in [5.41, 5.74) is 0. The smallest absolute Gasteiger partial charge is 0.294 e. The van der Waals surface area contributed by atoms with Gasteiger partial charge in [0.2, 0.25) is 0 Å². The van der Waals surface area contributed by atoms with Crippen LogP contribution in [0.4, 0.5) is 0 Å². The standard InChI is InChI=1S/C9H17N3OS/c1-3-4-5-6-13-9-12-11-8(14-9)7-10-2/h10H,3-7H2,1-2H3. The van der Waals surface area contributed by atoms with Gasteiger partial charge in [0.25, 0.3) is 5.19 Å². The molecule has 0 atom stereocenters. The van der Waals surface area contributed by atoms with Gasteiger partial charge in [0.1, 0.15) is 5.01 Å². The topological polar surface area (TPSA) is 47.0 Å². The molecule has 0 unspecified atom stereocenters. The van der Waals surface area contributed by atoms with Crippen LogP contribution < -0.4 is 10.1 Å². The van der Waals surface area contributed by atoms with Crippen molar-refractivity contribution in [3.8, 4) is 5.19 Å². The minimum atomic E-state index is 0.686. The maximum Gasteiger partial charge on any atom is 0.294 e. The fraction of sp³-hybridized carbons (Fsp3) is 0.778. The van der Waals surface area contributed by atoms with Crippen molar-refractivity contribution in [3.05, 3.63) is 5.01 Å². The number of hydrogen-bond donors (Lipinski definition) is 1. The van der Waals surface area contributed by atoms with E-state index in [1.165, 1.54) is 24.2 Å². The molecule has 80 valence electrons. The minimum Gasteiger partial charge on any atom is -0.469 e. The summed E-state index contributed by atoms with van der Waals surface area (Å²) in [6.45, 7) is 3.69. The molecule has 0 aromatic carbocycles. The van der Waals surface area contributed by atoms with Crippen LogP contribution in [0.25, 0.3) is 0 Å². The first-order valence-corrected chi connectivity index (χ1v) is 5.78. The molecule has 0 aliphatic carbocycles. The average molecular weight is 215 g/mol. The number of unbranched alkanes of at least 4 members (excludes halogenated alkanes) is 2. The molecule has 0 fully saturated rings. The predicted octanol–water partition coefficient (Wildman–Crippen LogP) is 1.83. The first-order chi connectivity index (χ1) is 6.86. The van der Waals surface area contributed by atoms with Crippen LogP contribution in [-0.4, -0.2) is 23.9 Å². The summed E-state index contributed by atoms with van der Waals surface area (Å²) in [5, 5.41) is 12.6. The van der Waals surface area contributed by atoms with Crippen LogP contribution in [-0.2, 0) is 6.54 Å². The Morgan fingerprint density at radius 2 is 2.21 bits per heavy atom.